The number of carbonyl (C=O) groups excluding carboxylic acids is 2. The predicted molar refractivity (Wildman–Crippen MR) is 111 cm³/mol. The number of nitrogens with one attached hydrogen (secondary N) is 1. The number of hydrogen-bond acceptors (Lipinski definition) is 5. The van der Waals surface area contributed by atoms with E-state index in [9.17, 15) is 9.59 Å². The Kier molecular flexibility index (Phi) is 8.45. The Morgan fingerprint density at radius 1 is 1.00 bits per heavy atom. The summed E-state index contributed by atoms with van der Waals surface area (Å²) in [7, 11) is 3.14. The van der Waals surface area contributed by atoms with Gasteiger partial charge in [0.25, 0.3) is 11.8 Å². The number of hydrogen-bond donors (Lipinski definition) is 1. The lowest BCUT2D eigenvalue weighted by Crippen LogP contribution is -2.33. The van der Waals surface area contributed by atoms with Gasteiger partial charge in [0.15, 0.2) is 11.5 Å². The van der Waals surface area contributed by atoms with Crippen LogP contribution in [0.2, 0.25) is 0 Å². The highest BCUT2D eigenvalue weighted by molar-refractivity contribution is 5.98. The molecule has 0 fully saturated rings. The lowest BCUT2D eigenvalue weighted by atomic mass is 10.1. The van der Waals surface area contributed by atoms with E-state index in [1.807, 2.05) is 26.0 Å². The molecule has 2 amide bonds. The van der Waals surface area contributed by atoms with Crippen LogP contribution in [-0.2, 0) is 6.54 Å². The third kappa shape index (κ3) is 5.94. The van der Waals surface area contributed by atoms with Crippen LogP contribution in [0.5, 0.6) is 11.5 Å². The van der Waals surface area contributed by atoms with Crippen LogP contribution in [0.4, 0.5) is 0 Å². The predicted octanol–water partition coefficient (Wildman–Crippen LogP) is 3.29. The van der Waals surface area contributed by atoms with Gasteiger partial charge in [0, 0.05) is 31.4 Å². The summed E-state index contributed by atoms with van der Waals surface area (Å²) in [5, 5.41) is 2.86. The zero-order chi connectivity index (χ0) is 21.2. The SMILES string of the molecule is CCCN(CCC)C(=O)c1cc(C(=O)NCc2ccc(OC)c(OC)c2)ccn1. The molecule has 1 aromatic heterocycles. The average molecular weight is 399 g/mol. The van der Waals surface area contributed by atoms with E-state index in [0.717, 1.165) is 18.4 Å². The molecule has 0 unspecified atom stereocenters. The van der Waals surface area contributed by atoms with Crippen LogP contribution < -0.4 is 14.8 Å². The quantitative estimate of drug-likeness (QED) is 0.663. The van der Waals surface area contributed by atoms with Gasteiger partial charge in [-0.05, 0) is 42.7 Å². The van der Waals surface area contributed by atoms with Gasteiger partial charge in [-0.3, -0.25) is 14.6 Å². The summed E-state index contributed by atoms with van der Waals surface area (Å²) in [5.41, 5.74) is 1.56. The van der Waals surface area contributed by atoms with Crippen molar-refractivity contribution in [1.29, 1.82) is 0 Å². The molecule has 0 saturated heterocycles. The molecule has 2 aromatic rings. The summed E-state index contributed by atoms with van der Waals surface area (Å²) in [5.74, 6) is 0.809. The van der Waals surface area contributed by atoms with Crippen molar-refractivity contribution in [3.63, 3.8) is 0 Å². The Morgan fingerprint density at radius 3 is 2.31 bits per heavy atom. The standard InChI is InChI=1S/C22H29N3O4/c1-5-11-25(12-6-2)22(27)18-14-17(9-10-23-18)21(26)24-15-16-7-8-19(28-3)20(13-16)29-4/h7-10,13-14H,5-6,11-12,15H2,1-4H3,(H,24,26). The lowest BCUT2D eigenvalue weighted by Gasteiger charge is -2.21. The molecule has 1 heterocycles. The second kappa shape index (κ2) is 11.0. The second-order valence-corrected chi connectivity index (χ2v) is 6.59. The van der Waals surface area contributed by atoms with E-state index in [4.69, 9.17) is 9.47 Å². The minimum atomic E-state index is -0.270. The van der Waals surface area contributed by atoms with Crippen LogP contribution in [0, 0.1) is 0 Å². The first-order valence-electron chi connectivity index (χ1n) is 9.78. The number of methoxy groups -OCH3 is 2. The summed E-state index contributed by atoms with van der Waals surface area (Å²) < 4.78 is 10.5. The molecule has 0 spiro atoms. The van der Waals surface area contributed by atoms with Gasteiger partial charge in [-0.1, -0.05) is 19.9 Å². The summed E-state index contributed by atoms with van der Waals surface area (Å²) >= 11 is 0. The minimum absolute atomic E-state index is 0.150. The number of carbonyl (C=O) groups is 2. The van der Waals surface area contributed by atoms with Crippen molar-refractivity contribution in [2.24, 2.45) is 0 Å². The van der Waals surface area contributed by atoms with E-state index in [1.54, 1.807) is 37.3 Å². The average Bonchev–Trinajstić information content (AvgIpc) is 2.76. The molecular formula is C22H29N3O4. The van der Waals surface area contributed by atoms with Crippen LogP contribution >= 0.6 is 0 Å². The molecular weight excluding hydrogens is 370 g/mol. The van der Waals surface area contributed by atoms with Gasteiger partial charge in [-0.25, -0.2) is 0 Å². The van der Waals surface area contributed by atoms with Gasteiger partial charge in [-0.2, -0.15) is 0 Å². The topological polar surface area (TPSA) is 80.8 Å². The van der Waals surface area contributed by atoms with E-state index >= 15 is 0 Å². The van der Waals surface area contributed by atoms with Crippen LogP contribution in [0.25, 0.3) is 0 Å². The van der Waals surface area contributed by atoms with Gasteiger partial charge in [0.05, 0.1) is 14.2 Å². The zero-order valence-corrected chi connectivity index (χ0v) is 17.5. The molecule has 7 heteroatoms. The van der Waals surface area contributed by atoms with Gasteiger partial charge in [-0.15, -0.1) is 0 Å². The number of nitrogens with zero attached hydrogens (tertiary/aromatic N) is 2. The maximum atomic E-state index is 12.7. The lowest BCUT2D eigenvalue weighted by molar-refractivity contribution is 0.0749. The highest BCUT2D eigenvalue weighted by Gasteiger charge is 2.17. The summed E-state index contributed by atoms with van der Waals surface area (Å²) in [6.07, 6.45) is 3.24. The number of aromatic nitrogens is 1. The molecule has 29 heavy (non-hydrogen) atoms. The molecule has 7 nitrogen and oxygen atoms in total. The highest BCUT2D eigenvalue weighted by Crippen LogP contribution is 2.27. The molecule has 0 radical (unpaired) electrons. The molecule has 0 bridgehead atoms. The first kappa shape index (κ1) is 22.2. The van der Waals surface area contributed by atoms with Crippen molar-refractivity contribution < 1.29 is 19.1 Å². The van der Waals surface area contributed by atoms with E-state index < -0.39 is 0 Å². The Balaban J connectivity index is 2.08. The molecule has 0 aliphatic rings. The molecule has 156 valence electrons. The Labute approximate surface area is 172 Å². The fourth-order valence-corrected chi connectivity index (χ4v) is 2.98. The third-order valence-corrected chi connectivity index (χ3v) is 4.42. The Morgan fingerprint density at radius 2 is 1.69 bits per heavy atom. The van der Waals surface area contributed by atoms with Crippen LogP contribution in [-0.4, -0.2) is 49.0 Å². The normalized spacial score (nSPS) is 10.3. The second-order valence-electron chi connectivity index (χ2n) is 6.59. The maximum Gasteiger partial charge on any atom is 0.272 e. The molecule has 1 N–H and O–H groups in total. The summed E-state index contributed by atoms with van der Waals surface area (Å²) in [4.78, 5) is 31.2. The van der Waals surface area contributed by atoms with Gasteiger partial charge in [0.1, 0.15) is 5.69 Å². The first-order chi connectivity index (χ1) is 14.0. The summed E-state index contributed by atoms with van der Waals surface area (Å²) in [6, 6.07) is 8.61. The number of rotatable bonds is 10. The fourth-order valence-electron chi connectivity index (χ4n) is 2.98. The highest BCUT2D eigenvalue weighted by atomic mass is 16.5. The van der Waals surface area contributed by atoms with Crippen molar-refractivity contribution in [2.45, 2.75) is 33.2 Å². The molecule has 0 atom stereocenters. The van der Waals surface area contributed by atoms with E-state index in [0.29, 0.717) is 36.7 Å². The Bertz CT molecular complexity index is 833. The minimum Gasteiger partial charge on any atom is -0.493 e. The summed E-state index contributed by atoms with van der Waals surface area (Å²) in [6.45, 7) is 5.72. The van der Waals surface area contributed by atoms with Crippen LogP contribution in [0.1, 0.15) is 53.1 Å². The van der Waals surface area contributed by atoms with E-state index in [-0.39, 0.29) is 17.5 Å². The van der Waals surface area contributed by atoms with Crippen LogP contribution in [0.3, 0.4) is 0 Å². The molecule has 0 aliphatic heterocycles. The smallest absolute Gasteiger partial charge is 0.272 e. The monoisotopic (exact) mass is 399 g/mol. The van der Waals surface area contributed by atoms with Crippen molar-refractivity contribution >= 4 is 11.8 Å². The Hall–Kier alpha value is -3.09. The van der Waals surface area contributed by atoms with Crippen molar-refractivity contribution in [3.05, 3.63) is 53.3 Å². The van der Waals surface area contributed by atoms with Gasteiger partial charge in [0.2, 0.25) is 0 Å². The molecule has 0 saturated carbocycles. The molecule has 0 aliphatic carbocycles. The number of benzene rings is 1. The van der Waals surface area contributed by atoms with Crippen molar-refractivity contribution in [3.8, 4) is 11.5 Å². The number of pyridine rings is 1. The van der Waals surface area contributed by atoms with Crippen molar-refractivity contribution in [1.82, 2.24) is 15.2 Å². The van der Waals surface area contributed by atoms with Crippen LogP contribution in [0.15, 0.2) is 36.5 Å². The molecule has 2 rings (SSSR count). The van der Waals surface area contributed by atoms with E-state index in [2.05, 4.69) is 10.3 Å². The maximum absolute atomic E-state index is 12.7. The molecule has 1 aromatic carbocycles. The zero-order valence-electron chi connectivity index (χ0n) is 17.5. The fraction of sp³-hybridized carbons (Fsp3) is 0.409. The van der Waals surface area contributed by atoms with Gasteiger partial charge < -0.3 is 19.7 Å². The number of amides is 2. The van der Waals surface area contributed by atoms with Gasteiger partial charge >= 0.3 is 0 Å². The largest absolute Gasteiger partial charge is 0.493 e. The van der Waals surface area contributed by atoms with E-state index in [1.165, 1.54) is 6.20 Å². The number of ether oxygens (including phenoxy) is 2. The third-order valence-electron chi connectivity index (χ3n) is 4.42. The van der Waals surface area contributed by atoms with Crippen molar-refractivity contribution in [2.75, 3.05) is 27.3 Å². The first-order valence-corrected chi connectivity index (χ1v) is 9.78.